The predicted octanol–water partition coefficient (Wildman–Crippen LogP) is 12.9. The quantitative estimate of drug-likeness (QED) is 0.0245. The van der Waals surface area contributed by atoms with Crippen LogP contribution in [0.1, 0.15) is 56.8 Å². The highest BCUT2D eigenvalue weighted by molar-refractivity contribution is 8.07. The molecule has 17 heteroatoms. The Kier molecular flexibility index (Phi) is 16.4. The summed E-state index contributed by atoms with van der Waals surface area (Å²) in [4.78, 5) is 76.2. The summed E-state index contributed by atoms with van der Waals surface area (Å²) in [5, 5.41) is 12.3. The van der Waals surface area contributed by atoms with E-state index in [0.717, 1.165) is 49.2 Å². The maximum atomic E-state index is 15.0. The predicted molar refractivity (Wildman–Crippen MR) is 327 cm³/mol. The number of rotatable bonds is 20. The molecule has 2 aromatic heterocycles. The monoisotopic (exact) mass is 1170 g/mol. The Labute approximate surface area is 495 Å². The van der Waals surface area contributed by atoms with Gasteiger partial charge in [-0.05, 0) is 51.1 Å². The molecule has 1 saturated heterocycles. The molecule has 13 nitrogen and oxygen atoms in total. The Morgan fingerprint density at radius 2 is 1.11 bits per heavy atom. The fraction of sp³-hybridized carbons (Fsp3) is 0.106. The largest absolute Gasteiger partial charge is 0.450 e. The Hall–Kier alpha value is -9.13. The van der Waals surface area contributed by atoms with Crippen LogP contribution in [-0.2, 0) is 39.0 Å². The van der Waals surface area contributed by atoms with Gasteiger partial charge >= 0.3 is 11.9 Å². The van der Waals surface area contributed by atoms with Crippen LogP contribution in [0.15, 0.2) is 262 Å². The van der Waals surface area contributed by atoms with Crippen molar-refractivity contribution in [1.82, 2.24) is 20.2 Å². The molecule has 2 N–H and O–H groups in total. The van der Waals surface area contributed by atoms with Gasteiger partial charge in [-0.1, -0.05) is 241 Å². The zero-order chi connectivity index (χ0) is 56.5. The molecule has 2 aliphatic rings. The zero-order valence-electron chi connectivity index (χ0n) is 44.1. The van der Waals surface area contributed by atoms with Gasteiger partial charge in [0.2, 0.25) is 6.61 Å². The van der Waals surface area contributed by atoms with Gasteiger partial charge in [0.15, 0.2) is 27.4 Å². The Bertz CT molecular complexity index is 3760. The molecule has 0 spiro atoms. The molecule has 0 aliphatic carbocycles. The number of carbonyl (C=O) groups is 4. The lowest BCUT2D eigenvalue weighted by atomic mass is 9.77. The molecule has 0 radical (unpaired) electrons. The molecule has 4 heterocycles. The third-order valence-corrected chi connectivity index (χ3v) is 18.4. The van der Waals surface area contributed by atoms with Gasteiger partial charge in [0.1, 0.15) is 28.3 Å². The number of fused-ring (bicyclic) bond motifs is 2. The van der Waals surface area contributed by atoms with Crippen LogP contribution < -0.4 is 10.6 Å². The summed E-state index contributed by atoms with van der Waals surface area (Å²) in [5.74, 6) is -2.52. The molecular weight excluding hydrogens is 1120 g/mol. The zero-order valence-corrected chi connectivity index (χ0v) is 47.4. The van der Waals surface area contributed by atoms with E-state index in [1.165, 1.54) is 51.1 Å². The number of thiazole rings is 2. The number of β-lactam (4-membered cyclic amide) rings is 1. The van der Waals surface area contributed by atoms with E-state index in [9.17, 15) is 14.4 Å². The second kappa shape index (κ2) is 24.9. The highest BCUT2D eigenvalue weighted by Crippen LogP contribution is 2.48. The summed E-state index contributed by atoms with van der Waals surface area (Å²) in [6.45, 7) is -0.672. The van der Waals surface area contributed by atoms with E-state index in [1.807, 2.05) is 237 Å². The first-order valence-corrected chi connectivity index (χ1v) is 30.1. The maximum absolute atomic E-state index is 15.0. The third kappa shape index (κ3) is 11.7. The molecule has 2 aliphatic heterocycles. The van der Waals surface area contributed by atoms with Crippen LogP contribution in [0.5, 0.6) is 0 Å². The molecule has 83 heavy (non-hydrogen) atoms. The van der Waals surface area contributed by atoms with Crippen molar-refractivity contribution in [3.63, 3.8) is 0 Å². The van der Waals surface area contributed by atoms with Crippen molar-refractivity contribution in [2.75, 3.05) is 17.7 Å². The number of hydrogen-bond donors (Lipinski definition) is 2. The molecule has 8 aromatic carbocycles. The molecule has 2 amide bonds. The highest BCUT2D eigenvalue weighted by atomic mass is 32.2. The first-order chi connectivity index (χ1) is 40.8. The maximum Gasteiger partial charge on any atom is 0.356 e. The molecular formula is C66H50N6O7S4. The van der Waals surface area contributed by atoms with E-state index in [-0.39, 0.29) is 17.1 Å². The van der Waals surface area contributed by atoms with Crippen molar-refractivity contribution >= 4 is 91.0 Å². The Balaban J connectivity index is 0.864. The van der Waals surface area contributed by atoms with Crippen LogP contribution in [0, 0.1) is 0 Å². The lowest BCUT2D eigenvalue weighted by molar-refractivity contribution is -0.154. The normalized spacial score (nSPS) is 15.1. The molecule has 10 aromatic rings. The summed E-state index contributed by atoms with van der Waals surface area (Å²) in [5.41, 5.74) is 5.49. The van der Waals surface area contributed by atoms with Crippen LogP contribution in [0.3, 0.4) is 0 Å². The minimum atomic E-state index is -1.13. The van der Waals surface area contributed by atoms with Crippen molar-refractivity contribution < 1.29 is 33.5 Å². The van der Waals surface area contributed by atoms with Gasteiger partial charge in [-0.15, -0.1) is 34.4 Å². The smallest absolute Gasteiger partial charge is 0.356 e. The first-order valence-electron chi connectivity index (χ1n) is 26.5. The van der Waals surface area contributed by atoms with Crippen LogP contribution in [-0.4, -0.2) is 68.1 Å². The van der Waals surface area contributed by atoms with Crippen molar-refractivity contribution in [1.29, 1.82) is 0 Å². The molecule has 0 saturated carbocycles. The SMILES string of the molecule is O=C(CO/N=C(\C(=O)NC1C(=O)N2C(C(=O)OC(c3ccccc3)c3ccccc3)=C(Sc3nc4ccccc4s3)CS[C@H]12)c1csc(NC(c2ccccc2)(c2ccccc2)c2ccccc2)n1)OC(c1ccccc1)c1ccccc1. The lowest BCUT2D eigenvalue weighted by Gasteiger charge is -2.49. The average molecular weight is 1170 g/mol. The fourth-order valence-electron chi connectivity index (χ4n) is 10.1. The van der Waals surface area contributed by atoms with E-state index in [4.69, 9.17) is 24.3 Å². The number of nitrogens with zero attached hydrogens (tertiary/aromatic N) is 4. The summed E-state index contributed by atoms with van der Waals surface area (Å²) in [7, 11) is 0. The summed E-state index contributed by atoms with van der Waals surface area (Å²) < 4.78 is 14.2. The van der Waals surface area contributed by atoms with Gasteiger partial charge in [0, 0.05) is 16.0 Å². The number of amides is 2. The highest BCUT2D eigenvalue weighted by Gasteiger charge is 2.55. The third-order valence-electron chi connectivity index (χ3n) is 14.0. The second-order valence-electron chi connectivity index (χ2n) is 19.2. The molecule has 410 valence electrons. The minimum absolute atomic E-state index is 0.0689. The summed E-state index contributed by atoms with van der Waals surface area (Å²) >= 11 is 5.44. The van der Waals surface area contributed by atoms with Crippen molar-refractivity contribution in [3.8, 4) is 0 Å². The second-order valence-corrected chi connectivity index (χ2v) is 23.5. The first kappa shape index (κ1) is 54.5. The lowest BCUT2D eigenvalue weighted by Crippen LogP contribution is -2.71. The van der Waals surface area contributed by atoms with Crippen LogP contribution >= 0.6 is 46.2 Å². The molecule has 1 fully saturated rings. The van der Waals surface area contributed by atoms with E-state index >= 15 is 4.79 Å². The minimum Gasteiger partial charge on any atom is -0.450 e. The van der Waals surface area contributed by atoms with Crippen LogP contribution in [0.2, 0.25) is 0 Å². The molecule has 12 rings (SSSR count). The summed E-state index contributed by atoms with van der Waals surface area (Å²) in [6, 6.07) is 74.2. The van der Waals surface area contributed by atoms with Crippen molar-refractivity contribution in [2.45, 2.75) is 33.5 Å². The number of ether oxygens (including phenoxy) is 2. The number of aromatic nitrogens is 2. The number of oxime groups is 1. The van der Waals surface area contributed by atoms with Gasteiger partial charge in [-0.3, -0.25) is 14.5 Å². The molecule has 0 bridgehead atoms. The van der Waals surface area contributed by atoms with Crippen molar-refractivity contribution in [3.05, 3.63) is 297 Å². The van der Waals surface area contributed by atoms with Gasteiger partial charge < -0.3 is 24.9 Å². The Morgan fingerprint density at radius 3 is 1.63 bits per heavy atom. The molecule has 2 atom stereocenters. The van der Waals surface area contributed by atoms with Gasteiger partial charge in [-0.25, -0.2) is 19.6 Å². The van der Waals surface area contributed by atoms with Gasteiger partial charge in [0.25, 0.3) is 11.8 Å². The van der Waals surface area contributed by atoms with Gasteiger partial charge in [0.05, 0.1) is 10.2 Å². The number of hydrogen-bond acceptors (Lipinski definition) is 15. The standard InChI is InChI=1S/C66H50N6O7S4/c73-54(78-58(43-24-8-1-9-25-43)44-26-10-2-11-27-44)40-77-71-55(51-41-81-64(67-51)70-66(47-32-16-5-17-33-47,48-34-18-6-19-35-48)49-36-20-7-21-37-49)60(74)69-56-61(75)72-57(53(42-80-62(56)72)83-65-68-50-38-22-23-39-52(50)82-65)63(76)79-59(45-28-12-3-13-29-45)46-30-14-4-15-31-46/h1-39,41,56,58-59,62H,40,42H2,(H,67,70)(H,69,74)/b71-55-/t56?,62-/m1/s1. The van der Waals surface area contributed by atoms with E-state index in [2.05, 4.69) is 15.8 Å². The van der Waals surface area contributed by atoms with Crippen LogP contribution in [0.4, 0.5) is 5.13 Å². The van der Waals surface area contributed by atoms with E-state index < -0.39 is 59.5 Å². The van der Waals surface area contributed by atoms with Crippen LogP contribution in [0.25, 0.3) is 10.2 Å². The molecule has 1 unspecified atom stereocenters. The Morgan fingerprint density at radius 1 is 0.627 bits per heavy atom. The van der Waals surface area contributed by atoms with Gasteiger partial charge in [-0.2, -0.15) is 0 Å². The number of carbonyl (C=O) groups excluding carboxylic acids is 4. The van der Waals surface area contributed by atoms with E-state index in [1.54, 1.807) is 5.38 Å². The topological polar surface area (TPSA) is 161 Å². The number of para-hydroxylation sites is 1. The number of esters is 2. The van der Waals surface area contributed by atoms with Crippen molar-refractivity contribution in [2.24, 2.45) is 5.16 Å². The number of thioether (sulfide) groups is 2. The average Bonchev–Trinajstić information content (AvgIpc) is 4.17. The number of anilines is 1. The number of nitrogens with one attached hydrogen (secondary N) is 2. The fourth-order valence-corrected chi connectivity index (χ4v) is 14.6. The number of benzene rings is 8. The van der Waals surface area contributed by atoms with E-state index in [0.29, 0.717) is 20.1 Å². The summed E-state index contributed by atoms with van der Waals surface area (Å²) in [6.07, 6.45) is -1.56.